The van der Waals surface area contributed by atoms with E-state index < -0.39 is 0 Å². The van der Waals surface area contributed by atoms with Crippen molar-refractivity contribution in [2.75, 3.05) is 28.4 Å². The maximum atomic E-state index is 12.7. The van der Waals surface area contributed by atoms with Gasteiger partial charge < -0.3 is 28.7 Å². The fourth-order valence-corrected chi connectivity index (χ4v) is 7.25. The molecule has 0 aliphatic carbocycles. The SMILES string of the molecule is COc1ccc([C@H]2CC(=O)[C@H](C)[C@@H](c3ccc(OC)cc3)N2C=O)cc1.COc1ccc([C@H]2CC(=O)[C@H](C)[C@@H](c3ccc(OC)cc3)N2C=O)cc1. The summed E-state index contributed by atoms with van der Waals surface area (Å²) in [5.41, 5.74) is 3.71. The maximum absolute atomic E-state index is 12.7. The largest absolute Gasteiger partial charge is 0.497 e. The van der Waals surface area contributed by atoms with E-state index in [1.807, 2.05) is 111 Å². The summed E-state index contributed by atoms with van der Waals surface area (Å²) >= 11 is 0. The molecule has 4 aromatic carbocycles. The van der Waals surface area contributed by atoms with E-state index in [1.54, 1.807) is 38.2 Å². The van der Waals surface area contributed by atoms with E-state index in [4.69, 9.17) is 18.9 Å². The van der Waals surface area contributed by atoms with E-state index in [-0.39, 0.29) is 47.6 Å². The lowest BCUT2D eigenvalue weighted by Gasteiger charge is -2.43. The molecule has 52 heavy (non-hydrogen) atoms. The van der Waals surface area contributed by atoms with Crippen LogP contribution in [0.15, 0.2) is 97.1 Å². The Morgan fingerprint density at radius 1 is 0.462 bits per heavy atom. The first kappa shape index (κ1) is 37.6. The summed E-state index contributed by atoms with van der Waals surface area (Å²) in [6.45, 7) is 3.77. The highest BCUT2D eigenvalue weighted by molar-refractivity contribution is 5.85. The van der Waals surface area contributed by atoms with Crippen molar-refractivity contribution in [1.29, 1.82) is 0 Å². The average molecular weight is 707 g/mol. The molecule has 0 unspecified atom stereocenters. The summed E-state index contributed by atoms with van der Waals surface area (Å²) in [6, 6.07) is 29.0. The van der Waals surface area contributed by atoms with Gasteiger partial charge >= 0.3 is 0 Å². The monoisotopic (exact) mass is 706 g/mol. The molecule has 0 saturated carbocycles. The zero-order chi connectivity index (χ0) is 37.4. The van der Waals surface area contributed by atoms with Gasteiger partial charge in [0.05, 0.1) is 52.6 Å². The number of nitrogens with zero attached hydrogens (tertiary/aromatic N) is 2. The van der Waals surface area contributed by atoms with Crippen LogP contribution in [-0.2, 0) is 19.2 Å². The topological polar surface area (TPSA) is 112 Å². The van der Waals surface area contributed by atoms with Crippen LogP contribution in [0.3, 0.4) is 0 Å². The molecule has 272 valence electrons. The molecule has 2 heterocycles. The molecule has 0 radical (unpaired) electrons. The average Bonchev–Trinajstić information content (AvgIpc) is 3.20. The second kappa shape index (κ2) is 17.0. The summed E-state index contributed by atoms with van der Waals surface area (Å²) in [4.78, 5) is 52.9. The molecule has 0 aromatic heterocycles. The molecule has 2 amide bonds. The predicted octanol–water partition coefficient (Wildman–Crippen LogP) is 7.11. The van der Waals surface area contributed by atoms with Gasteiger partial charge in [-0.2, -0.15) is 0 Å². The van der Waals surface area contributed by atoms with Gasteiger partial charge in [-0.1, -0.05) is 62.4 Å². The molecule has 2 aliphatic rings. The first-order chi connectivity index (χ1) is 25.2. The van der Waals surface area contributed by atoms with Gasteiger partial charge in [-0.15, -0.1) is 0 Å². The Balaban J connectivity index is 0.000000201. The number of piperidine rings is 2. The van der Waals surface area contributed by atoms with Crippen LogP contribution < -0.4 is 18.9 Å². The molecule has 6 atom stereocenters. The number of methoxy groups -OCH3 is 4. The Labute approximate surface area is 305 Å². The van der Waals surface area contributed by atoms with Crippen molar-refractivity contribution in [2.45, 2.75) is 50.9 Å². The minimum atomic E-state index is -0.299. The first-order valence-electron chi connectivity index (χ1n) is 17.2. The Kier molecular flexibility index (Phi) is 12.3. The van der Waals surface area contributed by atoms with Crippen molar-refractivity contribution in [3.63, 3.8) is 0 Å². The van der Waals surface area contributed by atoms with Crippen LogP contribution in [0, 0.1) is 11.8 Å². The van der Waals surface area contributed by atoms with E-state index in [1.165, 1.54) is 0 Å². The zero-order valence-electron chi connectivity index (χ0n) is 30.4. The van der Waals surface area contributed by atoms with Gasteiger partial charge in [-0.3, -0.25) is 19.2 Å². The lowest BCUT2D eigenvalue weighted by molar-refractivity contribution is -0.139. The van der Waals surface area contributed by atoms with Crippen LogP contribution in [0.25, 0.3) is 0 Å². The Morgan fingerprint density at radius 2 is 0.712 bits per heavy atom. The van der Waals surface area contributed by atoms with E-state index in [2.05, 4.69) is 0 Å². The van der Waals surface area contributed by atoms with Gasteiger partial charge in [0, 0.05) is 24.7 Å². The van der Waals surface area contributed by atoms with Crippen molar-refractivity contribution in [3.05, 3.63) is 119 Å². The van der Waals surface area contributed by atoms with Crippen LogP contribution in [0.5, 0.6) is 23.0 Å². The van der Waals surface area contributed by atoms with Gasteiger partial charge in [0.25, 0.3) is 0 Å². The normalized spacial score (nSPS) is 22.8. The number of hydrogen-bond acceptors (Lipinski definition) is 8. The molecule has 6 rings (SSSR count). The van der Waals surface area contributed by atoms with Crippen molar-refractivity contribution < 1.29 is 38.1 Å². The summed E-state index contributed by atoms with van der Waals surface area (Å²) in [5, 5.41) is 0. The number of carbonyl (C=O) groups is 4. The van der Waals surface area contributed by atoms with Gasteiger partial charge in [0.2, 0.25) is 12.8 Å². The van der Waals surface area contributed by atoms with Gasteiger partial charge in [-0.25, -0.2) is 0 Å². The maximum Gasteiger partial charge on any atom is 0.210 e. The lowest BCUT2D eigenvalue weighted by atomic mass is 9.80. The quantitative estimate of drug-likeness (QED) is 0.161. The van der Waals surface area contributed by atoms with Crippen molar-refractivity contribution in [1.82, 2.24) is 9.80 Å². The van der Waals surface area contributed by atoms with Gasteiger partial charge in [0.15, 0.2) is 0 Å². The zero-order valence-corrected chi connectivity index (χ0v) is 30.4. The molecule has 2 saturated heterocycles. The molecule has 10 nitrogen and oxygen atoms in total. The second-order valence-corrected chi connectivity index (χ2v) is 13.0. The smallest absolute Gasteiger partial charge is 0.210 e. The molecule has 10 heteroatoms. The number of ether oxygens (including phenoxy) is 4. The standard InChI is InChI=1S/2C21H23NO4/c2*1-14-20(24)12-19(15-4-8-17(25-2)9-5-15)22(13-23)21(14)16-6-10-18(26-3)11-7-16/h2*4-11,13-14,19,21H,12H2,1-3H3/t2*14-,19+,21-/m00/s1. The Morgan fingerprint density at radius 3 is 0.942 bits per heavy atom. The van der Waals surface area contributed by atoms with Crippen molar-refractivity contribution in [3.8, 4) is 23.0 Å². The fraction of sp³-hybridized carbons (Fsp3) is 0.333. The number of carbonyl (C=O) groups excluding carboxylic acids is 4. The number of ketones is 2. The molecule has 0 N–H and O–H groups in total. The molecular formula is C42H46N2O8. The highest BCUT2D eigenvalue weighted by Gasteiger charge is 2.42. The number of amides is 2. The van der Waals surface area contributed by atoms with Crippen molar-refractivity contribution >= 4 is 24.4 Å². The number of rotatable bonds is 10. The third kappa shape index (κ3) is 7.96. The predicted molar refractivity (Wildman–Crippen MR) is 196 cm³/mol. The lowest BCUT2D eigenvalue weighted by Crippen LogP contribution is -2.44. The Bertz CT molecular complexity index is 1670. The minimum Gasteiger partial charge on any atom is -0.497 e. The van der Waals surface area contributed by atoms with Gasteiger partial charge in [-0.05, 0) is 70.8 Å². The first-order valence-corrected chi connectivity index (χ1v) is 17.2. The summed E-state index contributed by atoms with van der Waals surface area (Å²) < 4.78 is 20.8. The van der Waals surface area contributed by atoms with Crippen LogP contribution in [0.1, 0.15) is 73.1 Å². The minimum absolute atomic E-state index is 0.157. The van der Waals surface area contributed by atoms with Crippen molar-refractivity contribution in [2.24, 2.45) is 11.8 Å². The molecule has 0 spiro atoms. The molecule has 4 aromatic rings. The van der Waals surface area contributed by atoms with Crippen LogP contribution >= 0.6 is 0 Å². The molecule has 2 aliphatic heterocycles. The summed E-state index contributed by atoms with van der Waals surface area (Å²) in [7, 11) is 6.44. The van der Waals surface area contributed by atoms with Crippen LogP contribution in [-0.4, -0.2) is 62.6 Å². The number of hydrogen-bond donors (Lipinski definition) is 0. The fourth-order valence-electron chi connectivity index (χ4n) is 7.25. The Hall–Kier alpha value is -5.64. The van der Waals surface area contributed by atoms with E-state index in [0.29, 0.717) is 12.8 Å². The van der Waals surface area contributed by atoms with Gasteiger partial charge in [0.1, 0.15) is 34.6 Å². The number of likely N-dealkylation sites (tertiary alicyclic amines) is 2. The highest BCUT2D eigenvalue weighted by atomic mass is 16.5. The third-order valence-electron chi connectivity index (χ3n) is 10.3. The third-order valence-corrected chi connectivity index (χ3v) is 10.3. The number of benzene rings is 4. The van der Waals surface area contributed by atoms with Crippen LogP contribution in [0.2, 0.25) is 0 Å². The van der Waals surface area contributed by atoms with Crippen LogP contribution in [0.4, 0.5) is 0 Å². The highest BCUT2D eigenvalue weighted by Crippen LogP contribution is 2.44. The van der Waals surface area contributed by atoms with E-state index in [0.717, 1.165) is 58.1 Å². The summed E-state index contributed by atoms with van der Waals surface area (Å²) in [5.74, 6) is 2.77. The molecule has 0 bridgehead atoms. The van der Waals surface area contributed by atoms with E-state index >= 15 is 0 Å². The molecular weight excluding hydrogens is 660 g/mol. The van der Waals surface area contributed by atoms with E-state index in [9.17, 15) is 19.2 Å². The molecule has 2 fully saturated rings. The number of Topliss-reactive ketones (excluding diaryl/α,β-unsaturated/α-hetero) is 2. The summed E-state index contributed by atoms with van der Waals surface area (Å²) in [6.07, 6.45) is 2.34. The second-order valence-electron chi connectivity index (χ2n) is 13.0.